The van der Waals surface area contributed by atoms with Crippen LogP contribution in [0.25, 0.3) is 10.8 Å². The van der Waals surface area contributed by atoms with Gasteiger partial charge in [-0.2, -0.15) is 0 Å². The summed E-state index contributed by atoms with van der Waals surface area (Å²) in [7, 11) is 0. The quantitative estimate of drug-likeness (QED) is 0.745. The number of carbonyl (C=O) groups is 2. The van der Waals surface area contributed by atoms with Gasteiger partial charge in [-0.05, 0) is 37.8 Å². The highest BCUT2D eigenvalue weighted by Crippen LogP contribution is 2.30. The Kier molecular flexibility index (Phi) is 5.70. The highest BCUT2D eigenvalue weighted by Gasteiger charge is 2.27. The molecule has 0 bridgehead atoms. The summed E-state index contributed by atoms with van der Waals surface area (Å²) in [5.41, 5.74) is 1.22. The number of hydrogen-bond donors (Lipinski definition) is 0. The molecule has 3 rings (SSSR count). The molecule has 1 fully saturated rings. The molecule has 0 N–H and O–H groups in total. The standard InChI is InChI=1S/C18H23N3O4S/c1-4-14-11(2)9-15(26-14)17-20-19-16(25-17)10-24-18(23)13-5-7-21(8-6-13)12(3)22/h9,13H,4-8,10H2,1-3H3. The Bertz CT molecular complexity index is 790. The van der Waals surface area contributed by atoms with Crippen molar-refractivity contribution in [1.82, 2.24) is 15.1 Å². The van der Waals surface area contributed by atoms with Crippen molar-refractivity contribution in [3.05, 3.63) is 22.4 Å². The largest absolute Gasteiger partial charge is 0.455 e. The monoisotopic (exact) mass is 377 g/mol. The first-order chi connectivity index (χ1) is 12.5. The smallest absolute Gasteiger partial charge is 0.309 e. The van der Waals surface area contributed by atoms with Gasteiger partial charge in [0.2, 0.25) is 5.91 Å². The molecule has 2 aromatic rings. The molecule has 1 amide bonds. The average molecular weight is 377 g/mol. The van der Waals surface area contributed by atoms with Gasteiger partial charge in [0.25, 0.3) is 11.8 Å². The van der Waals surface area contributed by atoms with Crippen LogP contribution in [-0.4, -0.2) is 40.1 Å². The van der Waals surface area contributed by atoms with Crippen LogP contribution in [-0.2, 0) is 27.4 Å². The molecule has 0 unspecified atom stereocenters. The van der Waals surface area contributed by atoms with E-state index in [1.54, 1.807) is 23.2 Å². The minimum absolute atomic E-state index is 0.0241. The third-order valence-electron chi connectivity index (χ3n) is 4.63. The van der Waals surface area contributed by atoms with Crippen LogP contribution < -0.4 is 0 Å². The fourth-order valence-corrected chi connectivity index (χ4v) is 4.10. The van der Waals surface area contributed by atoms with E-state index in [9.17, 15) is 9.59 Å². The topological polar surface area (TPSA) is 85.5 Å². The molecule has 7 nitrogen and oxygen atoms in total. The average Bonchev–Trinajstić information content (AvgIpc) is 3.26. The maximum absolute atomic E-state index is 12.2. The van der Waals surface area contributed by atoms with Gasteiger partial charge in [0.05, 0.1) is 10.8 Å². The molecule has 0 atom stereocenters. The number of hydrogen-bond acceptors (Lipinski definition) is 7. The van der Waals surface area contributed by atoms with Crippen LogP contribution in [0.15, 0.2) is 10.5 Å². The lowest BCUT2D eigenvalue weighted by Crippen LogP contribution is -2.39. The first kappa shape index (κ1) is 18.6. The molecule has 0 aromatic carbocycles. The van der Waals surface area contributed by atoms with E-state index >= 15 is 0 Å². The highest BCUT2D eigenvalue weighted by molar-refractivity contribution is 7.15. The van der Waals surface area contributed by atoms with Crippen molar-refractivity contribution in [3.8, 4) is 10.8 Å². The Hall–Kier alpha value is -2.22. The molecule has 1 aliphatic heterocycles. The van der Waals surface area contributed by atoms with Crippen LogP contribution in [0.3, 0.4) is 0 Å². The molecule has 2 aromatic heterocycles. The molecular formula is C18H23N3O4S. The maximum Gasteiger partial charge on any atom is 0.309 e. The molecule has 0 spiro atoms. The van der Waals surface area contributed by atoms with E-state index < -0.39 is 0 Å². The Morgan fingerprint density at radius 2 is 2.08 bits per heavy atom. The van der Waals surface area contributed by atoms with Gasteiger partial charge in [-0.3, -0.25) is 9.59 Å². The van der Waals surface area contributed by atoms with Crippen LogP contribution >= 0.6 is 11.3 Å². The van der Waals surface area contributed by atoms with Crippen molar-refractivity contribution in [2.45, 2.75) is 46.6 Å². The SMILES string of the molecule is CCc1sc(-c2nnc(COC(=O)C3CCN(C(C)=O)CC3)o2)cc1C. The number of nitrogens with zero attached hydrogens (tertiary/aromatic N) is 3. The van der Waals surface area contributed by atoms with E-state index in [4.69, 9.17) is 9.15 Å². The van der Waals surface area contributed by atoms with Gasteiger partial charge in [0, 0.05) is 24.9 Å². The van der Waals surface area contributed by atoms with E-state index in [2.05, 4.69) is 24.0 Å². The molecule has 1 saturated heterocycles. The van der Waals surface area contributed by atoms with Crippen LogP contribution in [0.4, 0.5) is 0 Å². The minimum Gasteiger partial charge on any atom is -0.455 e. The summed E-state index contributed by atoms with van der Waals surface area (Å²) in [5, 5.41) is 8.02. The first-order valence-electron chi connectivity index (χ1n) is 8.82. The summed E-state index contributed by atoms with van der Waals surface area (Å²) >= 11 is 1.64. The van der Waals surface area contributed by atoms with Gasteiger partial charge in [0.1, 0.15) is 0 Å². The van der Waals surface area contributed by atoms with E-state index in [0.717, 1.165) is 11.3 Å². The van der Waals surface area contributed by atoms with Crippen LogP contribution in [0.1, 0.15) is 43.0 Å². The van der Waals surface area contributed by atoms with Crippen molar-refractivity contribution in [2.75, 3.05) is 13.1 Å². The predicted octanol–water partition coefficient (Wildman–Crippen LogP) is 2.97. The fourth-order valence-electron chi connectivity index (χ4n) is 3.07. The number of rotatable bonds is 5. The molecule has 0 saturated carbocycles. The zero-order valence-corrected chi connectivity index (χ0v) is 16.1. The summed E-state index contributed by atoms with van der Waals surface area (Å²) in [6.45, 7) is 6.89. The zero-order chi connectivity index (χ0) is 18.7. The van der Waals surface area contributed by atoms with Crippen LogP contribution in [0, 0.1) is 12.8 Å². The molecule has 1 aliphatic rings. The van der Waals surface area contributed by atoms with Crippen molar-refractivity contribution >= 4 is 23.2 Å². The number of ether oxygens (including phenoxy) is 1. The number of aromatic nitrogens is 2. The van der Waals surface area contributed by atoms with Crippen molar-refractivity contribution in [2.24, 2.45) is 5.92 Å². The van der Waals surface area contributed by atoms with Crippen molar-refractivity contribution in [3.63, 3.8) is 0 Å². The minimum atomic E-state index is -0.270. The predicted molar refractivity (Wildman–Crippen MR) is 96.5 cm³/mol. The second-order valence-corrected chi connectivity index (χ2v) is 7.60. The van der Waals surface area contributed by atoms with Gasteiger partial charge >= 0.3 is 5.97 Å². The summed E-state index contributed by atoms with van der Waals surface area (Å²) in [4.78, 5) is 27.5. The Balaban J connectivity index is 1.53. The summed E-state index contributed by atoms with van der Waals surface area (Å²) < 4.78 is 11.0. The number of carbonyl (C=O) groups excluding carboxylic acids is 2. The van der Waals surface area contributed by atoms with Crippen molar-refractivity contribution in [1.29, 1.82) is 0 Å². The number of thiophene rings is 1. The Labute approximate surface area is 156 Å². The second kappa shape index (κ2) is 7.99. The number of esters is 1. The van der Waals surface area contributed by atoms with Gasteiger partial charge in [-0.1, -0.05) is 6.92 Å². The maximum atomic E-state index is 12.2. The zero-order valence-electron chi connectivity index (χ0n) is 15.3. The molecule has 26 heavy (non-hydrogen) atoms. The number of piperidine rings is 1. The fraction of sp³-hybridized carbons (Fsp3) is 0.556. The molecule has 8 heteroatoms. The van der Waals surface area contributed by atoms with E-state index in [-0.39, 0.29) is 24.4 Å². The summed E-state index contributed by atoms with van der Waals surface area (Å²) in [6, 6.07) is 2.04. The lowest BCUT2D eigenvalue weighted by atomic mass is 9.97. The molecular weight excluding hydrogens is 354 g/mol. The molecule has 0 aliphatic carbocycles. The number of aryl methyl sites for hydroxylation is 2. The molecule has 140 valence electrons. The summed E-state index contributed by atoms with van der Waals surface area (Å²) in [6.07, 6.45) is 2.22. The van der Waals surface area contributed by atoms with Gasteiger partial charge in [-0.15, -0.1) is 21.5 Å². The number of amides is 1. The third kappa shape index (κ3) is 4.12. The van der Waals surface area contributed by atoms with Gasteiger partial charge in [0.15, 0.2) is 6.61 Å². The molecule has 3 heterocycles. The van der Waals surface area contributed by atoms with E-state index in [1.807, 2.05) is 6.07 Å². The normalized spacial score (nSPS) is 15.3. The number of likely N-dealkylation sites (tertiary alicyclic amines) is 1. The van der Waals surface area contributed by atoms with Gasteiger partial charge < -0.3 is 14.1 Å². The third-order valence-corrected chi connectivity index (χ3v) is 6.00. The highest BCUT2D eigenvalue weighted by atomic mass is 32.1. The lowest BCUT2D eigenvalue weighted by Gasteiger charge is -2.29. The van der Waals surface area contributed by atoms with Crippen LogP contribution in [0.5, 0.6) is 0 Å². The van der Waals surface area contributed by atoms with Crippen LogP contribution in [0.2, 0.25) is 0 Å². The van der Waals surface area contributed by atoms with Crippen molar-refractivity contribution < 1.29 is 18.7 Å². The Morgan fingerprint density at radius 1 is 1.35 bits per heavy atom. The second-order valence-electron chi connectivity index (χ2n) is 6.46. The lowest BCUT2D eigenvalue weighted by molar-refractivity contribution is -0.153. The van der Waals surface area contributed by atoms with E-state index in [1.165, 1.54) is 10.4 Å². The summed E-state index contributed by atoms with van der Waals surface area (Å²) in [5.74, 6) is 0.343. The molecule has 0 radical (unpaired) electrons. The Morgan fingerprint density at radius 3 is 2.69 bits per heavy atom. The first-order valence-corrected chi connectivity index (χ1v) is 9.63. The van der Waals surface area contributed by atoms with Gasteiger partial charge in [-0.25, -0.2) is 0 Å². The van der Waals surface area contributed by atoms with E-state index in [0.29, 0.717) is 37.7 Å².